The number of rotatable bonds is 11. The number of benzene rings is 2. The van der Waals surface area contributed by atoms with E-state index in [1.165, 1.54) is 0 Å². The Labute approximate surface area is 240 Å². The number of ether oxygens (including phenoxy) is 4. The molecule has 0 N–H and O–H groups in total. The Hall–Kier alpha value is -2.78. The van der Waals surface area contributed by atoms with E-state index >= 15 is 0 Å². The van der Waals surface area contributed by atoms with E-state index in [9.17, 15) is 0 Å². The molecule has 2 fully saturated rings. The molecule has 0 aliphatic carbocycles. The van der Waals surface area contributed by atoms with E-state index in [0.717, 1.165) is 111 Å². The zero-order chi connectivity index (χ0) is 28.5. The minimum absolute atomic E-state index is 0.113. The fraction of sp³-hybridized carbons (Fsp3) is 0.562. The molecule has 2 aromatic rings. The van der Waals surface area contributed by atoms with Gasteiger partial charge in [0.15, 0.2) is 0 Å². The van der Waals surface area contributed by atoms with E-state index in [2.05, 4.69) is 84.1 Å². The molecule has 0 bridgehead atoms. The van der Waals surface area contributed by atoms with Crippen molar-refractivity contribution >= 4 is 11.4 Å². The average Bonchev–Trinajstić information content (AvgIpc) is 2.94. The van der Waals surface area contributed by atoms with Gasteiger partial charge >= 0.3 is 0 Å². The van der Waals surface area contributed by atoms with E-state index in [0.29, 0.717) is 0 Å². The largest absolute Gasteiger partial charge is 0.491 e. The summed E-state index contributed by atoms with van der Waals surface area (Å²) in [6.07, 6.45) is 0.225. The molecule has 2 aromatic carbocycles. The van der Waals surface area contributed by atoms with Crippen LogP contribution in [-0.4, -0.2) is 86.0 Å². The SMILES string of the molecule is CC(=N/N=C(\C)c1ccc(OC(C)C)c(CN2CCOCC2)c1)c1ccc(OC(C)C)c(CN2CCOCC2)c1. The maximum atomic E-state index is 6.13. The number of nitrogens with zero attached hydrogens (tertiary/aromatic N) is 4. The van der Waals surface area contributed by atoms with Crippen LogP contribution in [0.5, 0.6) is 11.5 Å². The highest BCUT2D eigenvalue weighted by Gasteiger charge is 2.17. The molecule has 0 atom stereocenters. The van der Waals surface area contributed by atoms with E-state index in [4.69, 9.17) is 18.9 Å². The monoisotopic (exact) mass is 550 g/mol. The molecule has 2 heterocycles. The molecule has 2 aliphatic heterocycles. The van der Waals surface area contributed by atoms with Gasteiger partial charge in [0, 0.05) is 50.4 Å². The van der Waals surface area contributed by atoms with Crippen LogP contribution in [-0.2, 0) is 22.6 Å². The van der Waals surface area contributed by atoms with Gasteiger partial charge in [-0.1, -0.05) is 0 Å². The molecule has 2 saturated heterocycles. The highest BCUT2D eigenvalue weighted by molar-refractivity contribution is 6.02. The van der Waals surface area contributed by atoms with Crippen molar-refractivity contribution in [2.75, 3.05) is 52.6 Å². The van der Waals surface area contributed by atoms with Gasteiger partial charge in [0.1, 0.15) is 11.5 Å². The van der Waals surface area contributed by atoms with Crippen molar-refractivity contribution in [2.24, 2.45) is 10.2 Å². The van der Waals surface area contributed by atoms with Gasteiger partial charge in [0.05, 0.1) is 50.1 Å². The second-order valence-electron chi connectivity index (χ2n) is 11.1. The van der Waals surface area contributed by atoms with Crippen LogP contribution >= 0.6 is 0 Å². The van der Waals surface area contributed by atoms with Gasteiger partial charge in [-0.2, -0.15) is 10.2 Å². The van der Waals surface area contributed by atoms with Gasteiger partial charge in [-0.05, 0) is 89.1 Å². The fourth-order valence-corrected chi connectivity index (χ4v) is 4.86. The van der Waals surface area contributed by atoms with Crippen molar-refractivity contribution in [1.82, 2.24) is 9.80 Å². The number of hydrogen-bond donors (Lipinski definition) is 0. The molecule has 218 valence electrons. The Morgan fingerprint density at radius 2 is 1.05 bits per heavy atom. The third kappa shape index (κ3) is 8.86. The molecule has 2 aliphatic rings. The van der Waals surface area contributed by atoms with Crippen molar-refractivity contribution in [3.8, 4) is 11.5 Å². The number of hydrogen-bond acceptors (Lipinski definition) is 8. The topological polar surface area (TPSA) is 68.1 Å². The third-order valence-electron chi connectivity index (χ3n) is 7.03. The minimum Gasteiger partial charge on any atom is -0.491 e. The lowest BCUT2D eigenvalue weighted by molar-refractivity contribution is 0.0336. The lowest BCUT2D eigenvalue weighted by Gasteiger charge is -2.28. The fourth-order valence-electron chi connectivity index (χ4n) is 4.86. The summed E-state index contributed by atoms with van der Waals surface area (Å²) in [5.41, 5.74) is 6.15. The normalized spacial score (nSPS) is 18.0. The molecular formula is C32H46N4O4. The van der Waals surface area contributed by atoms with Crippen LogP contribution in [0, 0.1) is 0 Å². The van der Waals surface area contributed by atoms with Gasteiger partial charge in [-0.3, -0.25) is 9.80 Å². The molecule has 0 unspecified atom stereocenters. The Kier molecular flexibility index (Phi) is 11.1. The van der Waals surface area contributed by atoms with Gasteiger partial charge in [-0.25, -0.2) is 0 Å². The van der Waals surface area contributed by atoms with Crippen LogP contribution in [0.3, 0.4) is 0 Å². The van der Waals surface area contributed by atoms with E-state index in [1.54, 1.807) is 0 Å². The predicted molar refractivity (Wildman–Crippen MR) is 161 cm³/mol. The highest BCUT2D eigenvalue weighted by Crippen LogP contribution is 2.26. The molecule has 0 spiro atoms. The first-order chi connectivity index (χ1) is 19.3. The quantitative estimate of drug-likeness (QED) is 0.285. The van der Waals surface area contributed by atoms with Crippen molar-refractivity contribution < 1.29 is 18.9 Å². The molecule has 40 heavy (non-hydrogen) atoms. The summed E-state index contributed by atoms with van der Waals surface area (Å²) >= 11 is 0. The van der Waals surface area contributed by atoms with Crippen LogP contribution in [0.2, 0.25) is 0 Å². The van der Waals surface area contributed by atoms with Crippen LogP contribution in [0.25, 0.3) is 0 Å². The second-order valence-corrected chi connectivity index (χ2v) is 11.1. The smallest absolute Gasteiger partial charge is 0.124 e. The summed E-state index contributed by atoms with van der Waals surface area (Å²) in [6, 6.07) is 12.6. The van der Waals surface area contributed by atoms with E-state index in [1.807, 2.05) is 13.8 Å². The molecular weight excluding hydrogens is 504 g/mol. The molecule has 0 amide bonds. The van der Waals surface area contributed by atoms with Gasteiger partial charge < -0.3 is 18.9 Å². The molecule has 0 aromatic heterocycles. The molecule has 0 radical (unpaired) electrons. The first-order valence-electron chi connectivity index (χ1n) is 14.6. The van der Waals surface area contributed by atoms with Gasteiger partial charge in [0.25, 0.3) is 0 Å². The summed E-state index contributed by atoms with van der Waals surface area (Å²) in [7, 11) is 0. The van der Waals surface area contributed by atoms with E-state index < -0.39 is 0 Å². The summed E-state index contributed by atoms with van der Waals surface area (Å²) in [6.45, 7) is 20.7. The Morgan fingerprint density at radius 1 is 0.675 bits per heavy atom. The summed E-state index contributed by atoms with van der Waals surface area (Å²) in [5.74, 6) is 1.85. The first kappa shape index (κ1) is 30.2. The van der Waals surface area contributed by atoms with Crippen LogP contribution in [0.1, 0.15) is 63.8 Å². The van der Waals surface area contributed by atoms with Crippen LogP contribution < -0.4 is 9.47 Å². The molecule has 4 rings (SSSR count). The standard InChI is InChI=1S/C32H46N4O4/c1-23(2)39-31-9-7-27(19-29(31)21-35-11-15-37-16-12-35)25(5)33-34-26(6)28-8-10-32(40-24(3)4)30(20-28)22-36-13-17-38-18-14-36/h7-10,19-20,23-24H,11-18,21-22H2,1-6H3/b33-25+,34-26?. The molecule has 8 nitrogen and oxygen atoms in total. The summed E-state index contributed by atoms with van der Waals surface area (Å²) in [5, 5.41) is 9.27. The van der Waals surface area contributed by atoms with E-state index in [-0.39, 0.29) is 12.2 Å². The zero-order valence-electron chi connectivity index (χ0n) is 25.1. The second kappa shape index (κ2) is 14.7. The van der Waals surface area contributed by atoms with Crippen LogP contribution in [0.15, 0.2) is 46.6 Å². The third-order valence-corrected chi connectivity index (χ3v) is 7.03. The lowest BCUT2D eigenvalue weighted by Crippen LogP contribution is -2.35. The van der Waals surface area contributed by atoms with Crippen molar-refractivity contribution in [1.29, 1.82) is 0 Å². The average molecular weight is 551 g/mol. The van der Waals surface area contributed by atoms with Crippen molar-refractivity contribution in [2.45, 2.75) is 66.8 Å². The Balaban J connectivity index is 1.54. The summed E-state index contributed by atoms with van der Waals surface area (Å²) in [4.78, 5) is 4.82. The van der Waals surface area contributed by atoms with Gasteiger partial charge in [-0.15, -0.1) is 0 Å². The van der Waals surface area contributed by atoms with Crippen molar-refractivity contribution in [3.63, 3.8) is 0 Å². The maximum absolute atomic E-state index is 6.13. The predicted octanol–water partition coefficient (Wildman–Crippen LogP) is 5.16. The zero-order valence-corrected chi connectivity index (χ0v) is 25.1. The minimum atomic E-state index is 0.113. The highest BCUT2D eigenvalue weighted by atomic mass is 16.5. The lowest BCUT2D eigenvalue weighted by atomic mass is 10.1. The van der Waals surface area contributed by atoms with Crippen molar-refractivity contribution in [3.05, 3.63) is 58.7 Å². The maximum Gasteiger partial charge on any atom is 0.124 e. The first-order valence-corrected chi connectivity index (χ1v) is 14.6. The molecule has 8 heteroatoms. The summed E-state index contributed by atoms with van der Waals surface area (Å²) < 4.78 is 23.3. The Bertz CT molecular complexity index is 1070. The molecule has 0 saturated carbocycles. The Morgan fingerprint density at radius 3 is 1.40 bits per heavy atom. The van der Waals surface area contributed by atoms with Crippen LogP contribution in [0.4, 0.5) is 0 Å². The van der Waals surface area contributed by atoms with Gasteiger partial charge in [0.2, 0.25) is 0 Å². The number of morpholine rings is 2.